The minimum Gasteiger partial charge on any atom is -0.496 e. The first kappa shape index (κ1) is 27.5. The standard InChI is InChI=1S/C29H29N3O6S2/c1-38-28-17-16-24(20-26(28)29(33)32-18-5-2-6-19-32)40(36,37)30-22-12-14-23(15-13-22)39(34,35)31-27-11-7-9-21-8-3-4-10-25(21)27/h3-4,7-17,20,30-31H,2,5-6,18-19H2,1H3. The minimum absolute atomic E-state index is 0.0257. The Morgan fingerprint density at radius 2 is 1.40 bits per heavy atom. The van der Waals surface area contributed by atoms with Gasteiger partial charge >= 0.3 is 0 Å². The van der Waals surface area contributed by atoms with Gasteiger partial charge < -0.3 is 9.64 Å². The monoisotopic (exact) mass is 579 g/mol. The van der Waals surface area contributed by atoms with Crippen LogP contribution in [0.1, 0.15) is 29.6 Å². The molecule has 5 rings (SSSR count). The van der Waals surface area contributed by atoms with Crippen LogP contribution in [-0.2, 0) is 20.0 Å². The number of amides is 1. The lowest BCUT2D eigenvalue weighted by molar-refractivity contribution is 0.0720. The van der Waals surface area contributed by atoms with E-state index in [0.29, 0.717) is 24.5 Å². The number of anilines is 2. The van der Waals surface area contributed by atoms with Crippen LogP contribution < -0.4 is 14.2 Å². The second-order valence-corrected chi connectivity index (χ2v) is 12.8. The second kappa shape index (κ2) is 11.2. The van der Waals surface area contributed by atoms with Crippen LogP contribution in [0.2, 0.25) is 0 Å². The fraction of sp³-hybridized carbons (Fsp3) is 0.207. The number of carbonyl (C=O) groups excluding carboxylic acids is 1. The van der Waals surface area contributed by atoms with E-state index in [-0.39, 0.29) is 26.9 Å². The number of hydrogen-bond acceptors (Lipinski definition) is 6. The van der Waals surface area contributed by atoms with E-state index < -0.39 is 20.0 Å². The van der Waals surface area contributed by atoms with Crippen LogP contribution in [0.3, 0.4) is 0 Å². The highest BCUT2D eigenvalue weighted by Crippen LogP contribution is 2.28. The Bertz CT molecular complexity index is 1760. The maximum atomic E-state index is 13.2. The van der Waals surface area contributed by atoms with E-state index in [4.69, 9.17) is 4.74 Å². The summed E-state index contributed by atoms with van der Waals surface area (Å²) in [4.78, 5) is 14.7. The Morgan fingerprint density at radius 3 is 2.12 bits per heavy atom. The fourth-order valence-corrected chi connectivity index (χ4v) is 6.89. The lowest BCUT2D eigenvalue weighted by atomic mass is 10.1. The number of likely N-dealkylation sites (tertiary alicyclic amines) is 1. The molecular weight excluding hydrogens is 550 g/mol. The van der Waals surface area contributed by atoms with Crippen molar-refractivity contribution in [3.05, 3.63) is 90.5 Å². The van der Waals surface area contributed by atoms with Crippen molar-refractivity contribution in [1.29, 1.82) is 0 Å². The van der Waals surface area contributed by atoms with Crippen molar-refractivity contribution in [2.75, 3.05) is 29.6 Å². The summed E-state index contributed by atoms with van der Waals surface area (Å²) >= 11 is 0. The van der Waals surface area contributed by atoms with Crippen molar-refractivity contribution >= 4 is 48.1 Å². The normalized spacial score (nSPS) is 14.1. The molecule has 1 fully saturated rings. The third-order valence-electron chi connectivity index (χ3n) is 6.81. The number of nitrogens with zero attached hydrogens (tertiary/aromatic N) is 1. The quantitative estimate of drug-likeness (QED) is 0.300. The summed E-state index contributed by atoms with van der Waals surface area (Å²) in [6, 6.07) is 22.3. The Balaban J connectivity index is 1.35. The van der Waals surface area contributed by atoms with E-state index in [0.717, 1.165) is 30.0 Å². The van der Waals surface area contributed by atoms with Gasteiger partial charge in [0.2, 0.25) is 0 Å². The molecule has 0 radical (unpaired) electrons. The molecule has 4 aromatic rings. The van der Waals surface area contributed by atoms with Gasteiger partial charge in [0.05, 0.1) is 28.2 Å². The number of sulfonamides is 2. The summed E-state index contributed by atoms with van der Waals surface area (Å²) in [5.74, 6) is 0.0182. The lowest BCUT2D eigenvalue weighted by Crippen LogP contribution is -2.35. The number of methoxy groups -OCH3 is 1. The summed E-state index contributed by atoms with van der Waals surface area (Å²) in [6.45, 7) is 1.23. The summed E-state index contributed by atoms with van der Waals surface area (Å²) < 4.78 is 62.9. The molecule has 0 unspecified atom stereocenters. The van der Waals surface area contributed by atoms with E-state index in [2.05, 4.69) is 9.44 Å². The molecule has 4 aromatic carbocycles. The summed E-state index contributed by atoms with van der Waals surface area (Å²) in [7, 11) is -6.59. The molecule has 9 nitrogen and oxygen atoms in total. The molecule has 0 aromatic heterocycles. The molecule has 1 saturated heterocycles. The van der Waals surface area contributed by atoms with Crippen molar-refractivity contribution < 1.29 is 26.4 Å². The molecule has 1 heterocycles. The molecule has 1 amide bonds. The van der Waals surface area contributed by atoms with Crippen LogP contribution >= 0.6 is 0 Å². The number of ether oxygens (including phenoxy) is 1. The van der Waals surface area contributed by atoms with Crippen molar-refractivity contribution in [1.82, 2.24) is 4.90 Å². The largest absolute Gasteiger partial charge is 0.496 e. The molecule has 40 heavy (non-hydrogen) atoms. The first-order valence-electron chi connectivity index (χ1n) is 12.8. The van der Waals surface area contributed by atoms with Gasteiger partial charge in [-0.2, -0.15) is 0 Å². The second-order valence-electron chi connectivity index (χ2n) is 9.48. The van der Waals surface area contributed by atoms with Gasteiger partial charge in [0.15, 0.2) is 0 Å². The Hall–Kier alpha value is -4.09. The van der Waals surface area contributed by atoms with Crippen LogP contribution in [0.15, 0.2) is 94.7 Å². The maximum absolute atomic E-state index is 13.2. The van der Waals surface area contributed by atoms with Gasteiger partial charge in [-0.3, -0.25) is 14.2 Å². The SMILES string of the molecule is COc1ccc(S(=O)(=O)Nc2ccc(S(=O)(=O)Nc3cccc4ccccc34)cc2)cc1C(=O)N1CCCCC1. The first-order valence-corrected chi connectivity index (χ1v) is 15.8. The third kappa shape index (κ3) is 5.75. The average Bonchev–Trinajstić information content (AvgIpc) is 2.97. The van der Waals surface area contributed by atoms with Gasteiger partial charge in [0, 0.05) is 24.2 Å². The van der Waals surface area contributed by atoms with Gasteiger partial charge in [-0.05, 0) is 73.2 Å². The smallest absolute Gasteiger partial charge is 0.261 e. The van der Waals surface area contributed by atoms with Crippen LogP contribution in [-0.4, -0.2) is 47.8 Å². The van der Waals surface area contributed by atoms with Crippen molar-refractivity contribution in [2.24, 2.45) is 0 Å². The van der Waals surface area contributed by atoms with Crippen LogP contribution in [0.5, 0.6) is 5.75 Å². The number of fused-ring (bicyclic) bond motifs is 1. The number of benzene rings is 4. The molecule has 0 spiro atoms. The highest BCUT2D eigenvalue weighted by atomic mass is 32.2. The van der Waals surface area contributed by atoms with Crippen molar-refractivity contribution in [3.8, 4) is 5.75 Å². The predicted octanol–water partition coefficient (Wildman–Crippen LogP) is 5.08. The molecule has 208 valence electrons. The zero-order chi connectivity index (χ0) is 28.3. The molecule has 0 aliphatic carbocycles. The lowest BCUT2D eigenvalue weighted by Gasteiger charge is -2.27. The number of hydrogen-bond donors (Lipinski definition) is 2. The highest BCUT2D eigenvalue weighted by Gasteiger charge is 2.25. The van der Waals surface area contributed by atoms with Crippen LogP contribution in [0.25, 0.3) is 10.8 Å². The fourth-order valence-electron chi connectivity index (χ4n) is 4.72. The van der Waals surface area contributed by atoms with Crippen molar-refractivity contribution in [3.63, 3.8) is 0 Å². The van der Waals surface area contributed by atoms with E-state index >= 15 is 0 Å². The van der Waals surface area contributed by atoms with Crippen LogP contribution in [0, 0.1) is 0 Å². The molecule has 1 aliphatic heterocycles. The molecule has 0 saturated carbocycles. The Kier molecular flexibility index (Phi) is 7.68. The van der Waals surface area contributed by atoms with E-state index in [1.165, 1.54) is 49.6 Å². The average molecular weight is 580 g/mol. The minimum atomic E-state index is -4.09. The number of piperidine rings is 1. The van der Waals surface area contributed by atoms with Gasteiger partial charge in [0.1, 0.15) is 5.75 Å². The summed E-state index contributed by atoms with van der Waals surface area (Å²) in [5, 5.41) is 1.65. The van der Waals surface area contributed by atoms with Gasteiger partial charge in [0.25, 0.3) is 26.0 Å². The maximum Gasteiger partial charge on any atom is 0.261 e. The van der Waals surface area contributed by atoms with Gasteiger partial charge in [-0.15, -0.1) is 0 Å². The van der Waals surface area contributed by atoms with Crippen molar-refractivity contribution in [2.45, 2.75) is 29.1 Å². The van der Waals surface area contributed by atoms with E-state index in [1.807, 2.05) is 30.3 Å². The van der Waals surface area contributed by atoms with Gasteiger partial charge in [-0.25, -0.2) is 16.8 Å². The summed E-state index contributed by atoms with van der Waals surface area (Å²) in [5.41, 5.74) is 0.786. The first-order chi connectivity index (χ1) is 19.2. The highest BCUT2D eigenvalue weighted by molar-refractivity contribution is 7.93. The summed E-state index contributed by atoms with van der Waals surface area (Å²) in [6.07, 6.45) is 2.85. The predicted molar refractivity (Wildman–Crippen MR) is 155 cm³/mol. The molecule has 1 aliphatic rings. The van der Waals surface area contributed by atoms with E-state index in [1.54, 1.807) is 17.0 Å². The molecule has 0 bridgehead atoms. The number of rotatable bonds is 8. The Labute approximate surface area is 233 Å². The molecule has 2 N–H and O–H groups in total. The molecule has 0 atom stereocenters. The third-order valence-corrected chi connectivity index (χ3v) is 9.57. The zero-order valence-corrected chi connectivity index (χ0v) is 23.5. The number of carbonyl (C=O) groups is 1. The van der Waals surface area contributed by atoms with E-state index in [9.17, 15) is 21.6 Å². The number of nitrogens with one attached hydrogen (secondary N) is 2. The molecule has 11 heteroatoms. The molecular formula is C29H29N3O6S2. The van der Waals surface area contributed by atoms with Crippen LogP contribution in [0.4, 0.5) is 11.4 Å². The Morgan fingerprint density at radius 1 is 0.750 bits per heavy atom. The topological polar surface area (TPSA) is 122 Å². The zero-order valence-electron chi connectivity index (χ0n) is 21.8. The van der Waals surface area contributed by atoms with Gasteiger partial charge in [-0.1, -0.05) is 36.4 Å².